The smallest absolute Gasteiger partial charge is 0.199 e. The summed E-state index contributed by atoms with van der Waals surface area (Å²) in [5.74, 6) is 5.12. The number of nitrogens with one attached hydrogen (secondary N) is 2. The highest BCUT2D eigenvalue weighted by atomic mass is 16.3. The van der Waals surface area contributed by atoms with Crippen molar-refractivity contribution in [1.29, 1.82) is 0 Å². The van der Waals surface area contributed by atoms with Crippen LogP contribution in [0.15, 0.2) is 77.8 Å². The van der Waals surface area contributed by atoms with Crippen molar-refractivity contribution >= 4 is 34.9 Å². The number of carbonyl (C=O) groups excluding carboxylic acids is 2. The summed E-state index contributed by atoms with van der Waals surface area (Å²) in [7, 11) is 1.93. The van der Waals surface area contributed by atoms with E-state index in [9.17, 15) is 14.7 Å². The van der Waals surface area contributed by atoms with Gasteiger partial charge in [0.1, 0.15) is 6.29 Å². The number of rotatable bonds is 5. The molecule has 1 heterocycles. The average Bonchev–Trinajstić information content (AvgIpc) is 3.21. The zero-order valence-electron chi connectivity index (χ0n) is 19.0. The van der Waals surface area contributed by atoms with Crippen molar-refractivity contribution in [3.8, 4) is 17.7 Å². The zero-order valence-corrected chi connectivity index (χ0v) is 19.0. The molecule has 6 nitrogen and oxygen atoms in total. The molecule has 4 rings (SSSR count). The van der Waals surface area contributed by atoms with Crippen LogP contribution in [0.4, 0.5) is 5.69 Å². The van der Waals surface area contributed by atoms with Gasteiger partial charge >= 0.3 is 0 Å². The topological polar surface area (TPSA) is 94.6 Å². The molecule has 0 radical (unpaired) electrons. The van der Waals surface area contributed by atoms with Gasteiger partial charge in [0, 0.05) is 22.1 Å². The summed E-state index contributed by atoms with van der Waals surface area (Å²) >= 11 is 0. The van der Waals surface area contributed by atoms with E-state index in [1.807, 2.05) is 43.4 Å². The van der Waals surface area contributed by atoms with Gasteiger partial charge in [-0.2, -0.15) is 0 Å². The molecule has 0 fully saturated rings. The van der Waals surface area contributed by atoms with E-state index in [4.69, 9.17) is 4.99 Å². The van der Waals surface area contributed by atoms with Gasteiger partial charge < -0.3 is 15.4 Å². The number of benzene rings is 3. The van der Waals surface area contributed by atoms with Gasteiger partial charge in [0.25, 0.3) is 0 Å². The molecule has 0 atom stereocenters. The summed E-state index contributed by atoms with van der Waals surface area (Å²) in [6.07, 6.45) is 1.32. The molecule has 0 unspecified atom stereocenters. The fourth-order valence-electron chi connectivity index (χ4n) is 3.23. The minimum absolute atomic E-state index is 0.0161. The number of nitrogens with zero attached hydrogens (tertiary/aromatic N) is 1. The van der Waals surface area contributed by atoms with Gasteiger partial charge in [0.15, 0.2) is 12.2 Å². The van der Waals surface area contributed by atoms with Crippen molar-refractivity contribution in [3.05, 3.63) is 95.1 Å². The average molecular weight is 452 g/mol. The Morgan fingerprint density at radius 2 is 1.76 bits per heavy atom. The molecule has 0 aliphatic carbocycles. The lowest BCUT2D eigenvalue weighted by molar-refractivity contribution is -0.103. The van der Waals surface area contributed by atoms with Crippen LogP contribution in [-0.2, 0) is 4.79 Å². The first-order valence-electron chi connectivity index (χ1n) is 10.8. The minimum atomic E-state index is -0.0161. The third kappa shape index (κ3) is 5.85. The third-order valence-electron chi connectivity index (χ3n) is 4.96. The number of aromatic nitrogens is 1. The van der Waals surface area contributed by atoms with E-state index in [0.717, 1.165) is 23.8 Å². The Labute approximate surface area is 198 Å². The van der Waals surface area contributed by atoms with E-state index in [2.05, 4.69) is 29.1 Å². The Morgan fingerprint density at radius 1 is 1.06 bits per heavy atom. The van der Waals surface area contributed by atoms with Gasteiger partial charge in [-0.3, -0.25) is 9.59 Å². The van der Waals surface area contributed by atoms with Crippen molar-refractivity contribution in [2.75, 3.05) is 13.6 Å². The molecule has 6 heteroatoms. The van der Waals surface area contributed by atoms with E-state index < -0.39 is 0 Å². The van der Waals surface area contributed by atoms with Crippen molar-refractivity contribution < 1.29 is 14.7 Å². The number of hydrogen-bond donors (Lipinski definition) is 3. The van der Waals surface area contributed by atoms with Crippen LogP contribution >= 0.6 is 0 Å². The normalized spacial score (nSPS) is 10.6. The first kappa shape index (κ1) is 24.2. The monoisotopic (exact) mass is 451 g/mol. The maximum Gasteiger partial charge on any atom is 0.199 e. The predicted molar refractivity (Wildman–Crippen MR) is 136 cm³/mol. The van der Waals surface area contributed by atoms with Crippen LogP contribution in [0.1, 0.15) is 34.0 Å². The molecule has 4 aromatic rings. The van der Waals surface area contributed by atoms with Gasteiger partial charge in [-0.15, -0.1) is 0 Å². The van der Waals surface area contributed by atoms with Crippen molar-refractivity contribution in [3.63, 3.8) is 0 Å². The van der Waals surface area contributed by atoms with Crippen LogP contribution in [0.3, 0.4) is 0 Å². The second-order valence-electron chi connectivity index (χ2n) is 7.24. The van der Waals surface area contributed by atoms with Gasteiger partial charge in [0.2, 0.25) is 0 Å². The largest absolute Gasteiger partial charge is 0.494 e. The highest BCUT2D eigenvalue weighted by Gasteiger charge is 2.18. The summed E-state index contributed by atoms with van der Waals surface area (Å²) in [4.78, 5) is 29.2. The molecule has 170 valence electrons. The van der Waals surface area contributed by atoms with Crippen molar-refractivity contribution in [1.82, 2.24) is 10.3 Å². The third-order valence-corrected chi connectivity index (χ3v) is 4.96. The van der Waals surface area contributed by atoms with Gasteiger partial charge in [-0.1, -0.05) is 49.2 Å². The summed E-state index contributed by atoms with van der Waals surface area (Å²) in [6, 6.07) is 21.9. The lowest BCUT2D eigenvalue weighted by Crippen LogP contribution is -2.02. The molecule has 0 aliphatic rings. The number of fused-ring (bicyclic) bond motifs is 1. The Balaban J connectivity index is 0.000000751. The molecule has 3 aromatic carbocycles. The fourth-order valence-corrected chi connectivity index (χ4v) is 3.23. The number of aldehydes is 2. The van der Waals surface area contributed by atoms with E-state index >= 15 is 0 Å². The molecule has 34 heavy (non-hydrogen) atoms. The Bertz CT molecular complexity index is 1360. The molecule has 0 saturated carbocycles. The fraction of sp³-hybridized carbons (Fsp3) is 0.107. The number of aliphatic imine (C=N–C) groups is 1. The molecule has 0 amide bonds. The number of hydrogen-bond acceptors (Lipinski definition) is 5. The minimum Gasteiger partial charge on any atom is -0.494 e. The molecule has 3 N–H and O–H groups in total. The Morgan fingerprint density at radius 3 is 2.38 bits per heavy atom. The van der Waals surface area contributed by atoms with Gasteiger partial charge in [0.05, 0.1) is 22.5 Å². The molecule has 1 aromatic heterocycles. The molecule has 0 saturated heterocycles. The van der Waals surface area contributed by atoms with Crippen LogP contribution < -0.4 is 5.32 Å². The first-order chi connectivity index (χ1) is 16.6. The molecule has 0 bridgehead atoms. The van der Waals surface area contributed by atoms with Crippen LogP contribution in [-0.4, -0.2) is 42.0 Å². The SMILES string of the molecule is CCNC.O=CC#Cc1ccc2c(C(=Nc3ccc(C=O)cc3)c3ccccc3)c(O)[nH]c2c1. The second-order valence-corrected chi connectivity index (χ2v) is 7.24. The standard InChI is InChI=1S/C25H16N2O3.C3H9N/c28-14-4-5-17-10-13-21-22(15-17)27-25(30)23(21)24(19-6-2-1-3-7-19)26-20-11-8-18(16-29)9-12-20;1-3-4-2/h1-3,6-16,27,30H;4H,3H2,1-2H3. The number of aromatic amines is 1. The Kier molecular flexibility index (Phi) is 8.50. The number of aromatic hydroxyl groups is 1. The van der Waals surface area contributed by atoms with Crippen molar-refractivity contribution in [2.24, 2.45) is 4.99 Å². The zero-order chi connectivity index (χ0) is 24.3. The summed E-state index contributed by atoms with van der Waals surface area (Å²) in [5.41, 5.74) is 4.54. The summed E-state index contributed by atoms with van der Waals surface area (Å²) in [5, 5.41) is 14.4. The lowest BCUT2D eigenvalue weighted by Gasteiger charge is -2.08. The lowest BCUT2D eigenvalue weighted by atomic mass is 10.00. The molecular formula is C28H25N3O3. The predicted octanol–water partition coefficient (Wildman–Crippen LogP) is 4.63. The summed E-state index contributed by atoms with van der Waals surface area (Å²) < 4.78 is 0. The van der Waals surface area contributed by atoms with Crippen LogP contribution in [0.25, 0.3) is 10.9 Å². The quantitative estimate of drug-likeness (QED) is 0.234. The van der Waals surface area contributed by atoms with E-state index in [1.54, 1.807) is 36.4 Å². The maximum atomic E-state index is 10.9. The highest BCUT2D eigenvalue weighted by molar-refractivity contribution is 6.22. The van der Waals surface area contributed by atoms with E-state index in [0.29, 0.717) is 39.9 Å². The molecule has 0 aliphatic heterocycles. The van der Waals surface area contributed by atoms with E-state index in [1.165, 1.54) is 0 Å². The highest BCUT2D eigenvalue weighted by Crippen LogP contribution is 2.32. The van der Waals surface area contributed by atoms with Crippen molar-refractivity contribution in [2.45, 2.75) is 6.92 Å². The van der Waals surface area contributed by atoms with E-state index in [-0.39, 0.29) is 5.88 Å². The Hall–Kier alpha value is -4.47. The van der Waals surface area contributed by atoms with Gasteiger partial charge in [-0.25, -0.2) is 4.99 Å². The number of carbonyl (C=O) groups is 2. The molecule has 0 spiro atoms. The van der Waals surface area contributed by atoms with Crippen LogP contribution in [0.2, 0.25) is 0 Å². The second kappa shape index (κ2) is 12.0. The first-order valence-corrected chi connectivity index (χ1v) is 10.8. The molecular weight excluding hydrogens is 426 g/mol. The van der Waals surface area contributed by atoms with Gasteiger partial charge in [-0.05, 0) is 55.9 Å². The maximum absolute atomic E-state index is 10.9. The number of H-pyrrole nitrogens is 1. The van der Waals surface area contributed by atoms with Crippen LogP contribution in [0, 0.1) is 11.8 Å². The summed E-state index contributed by atoms with van der Waals surface area (Å²) in [6.45, 7) is 3.14. The van der Waals surface area contributed by atoms with Crippen LogP contribution in [0.5, 0.6) is 5.88 Å².